The second-order valence-corrected chi connectivity index (χ2v) is 8.16. The zero-order valence-electron chi connectivity index (χ0n) is 15.2. The summed E-state index contributed by atoms with van der Waals surface area (Å²) in [7, 11) is 1.54. The quantitative estimate of drug-likeness (QED) is 0.602. The van der Waals surface area contributed by atoms with Crippen molar-refractivity contribution < 1.29 is 24.2 Å². The first-order valence-corrected chi connectivity index (χ1v) is 8.79. The number of likely N-dealkylation sites (tertiary alicyclic amines) is 1. The number of β-amino-alcohol motifs (C(OH)–C–C–N with tert-alkyl or cyclic N) is 1. The van der Waals surface area contributed by atoms with Crippen molar-refractivity contribution in [2.45, 2.75) is 56.9 Å². The first-order valence-electron chi connectivity index (χ1n) is 8.79. The molecule has 2 bridgehead atoms. The van der Waals surface area contributed by atoms with Crippen LogP contribution in [0.15, 0.2) is 0 Å². The number of hydrogen-bond acceptors (Lipinski definition) is 5. The van der Waals surface area contributed by atoms with E-state index in [-0.39, 0.29) is 37.0 Å². The number of amides is 3. The largest absolute Gasteiger partial charge is 0.395 e. The minimum Gasteiger partial charge on any atom is -0.395 e. The Kier molecular flexibility index (Phi) is 4.31. The van der Waals surface area contributed by atoms with Gasteiger partial charge in [-0.15, -0.1) is 0 Å². The Morgan fingerprint density at radius 1 is 1.36 bits per heavy atom. The number of carbonyl (C=O) groups excluding carboxylic acids is 3. The lowest BCUT2D eigenvalue weighted by molar-refractivity contribution is -0.143. The number of hydrogen-bond donors (Lipinski definition) is 3. The molecule has 0 aromatic heterocycles. The number of aliphatic hydroxyl groups excluding tert-OH is 1. The van der Waals surface area contributed by atoms with Crippen molar-refractivity contribution in [3.8, 4) is 0 Å². The van der Waals surface area contributed by atoms with Gasteiger partial charge in [0.05, 0.1) is 24.5 Å². The fourth-order valence-electron chi connectivity index (χ4n) is 4.71. The predicted octanol–water partition coefficient (Wildman–Crippen LogP) is -0.986. The average molecular weight is 353 g/mol. The third kappa shape index (κ3) is 2.62. The Balaban J connectivity index is 2.00. The van der Waals surface area contributed by atoms with Crippen molar-refractivity contribution in [2.75, 3.05) is 20.2 Å². The van der Waals surface area contributed by atoms with E-state index in [9.17, 15) is 19.5 Å². The van der Waals surface area contributed by atoms with E-state index in [1.165, 1.54) is 11.9 Å². The number of rotatable bonds is 4. The van der Waals surface area contributed by atoms with E-state index in [0.717, 1.165) is 0 Å². The lowest BCUT2D eigenvalue weighted by atomic mass is 9.70. The van der Waals surface area contributed by atoms with Gasteiger partial charge in [0.15, 0.2) is 0 Å². The van der Waals surface area contributed by atoms with Gasteiger partial charge in [-0.1, -0.05) is 0 Å². The Morgan fingerprint density at radius 3 is 2.60 bits per heavy atom. The first kappa shape index (κ1) is 18.1. The van der Waals surface area contributed by atoms with E-state index in [2.05, 4.69) is 10.6 Å². The van der Waals surface area contributed by atoms with Gasteiger partial charge >= 0.3 is 0 Å². The molecule has 0 aliphatic carbocycles. The van der Waals surface area contributed by atoms with Crippen LogP contribution in [-0.2, 0) is 19.1 Å². The van der Waals surface area contributed by atoms with Gasteiger partial charge in [-0.25, -0.2) is 0 Å². The van der Waals surface area contributed by atoms with Crippen LogP contribution in [0.5, 0.6) is 0 Å². The molecule has 3 fully saturated rings. The second-order valence-electron chi connectivity index (χ2n) is 8.16. The van der Waals surface area contributed by atoms with Crippen LogP contribution in [0.3, 0.4) is 0 Å². The Hall–Kier alpha value is -1.67. The normalized spacial score (nSPS) is 36.5. The van der Waals surface area contributed by atoms with Gasteiger partial charge in [0.1, 0.15) is 11.6 Å². The summed E-state index contributed by atoms with van der Waals surface area (Å²) in [4.78, 5) is 39.8. The highest BCUT2D eigenvalue weighted by Gasteiger charge is 2.74. The summed E-state index contributed by atoms with van der Waals surface area (Å²) in [6, 6.07) is -0.823. The van der Waals surface area contributed by atoms with Crippen LogP contribution < -0.4 is 10.6 Å². The molecule has 3 amide bonds. The van der Waals surface area contributed by atoms with Gasteiger partial charge < -0.3 is 25.4 Å². The topological polar surface area (TPSA) is 108 Å². The maximum atomic E-state index is 13.0. The van der Waals surface area contributed by atoms with Gasteiger partial charge in [0, 0.05) is 19.1 Å². The molecule has 2 unspecified atom stereocenters. The summed E-state index contributed by atoms with van der Waals surface area (Å²) in [5.41, 5.74) is -1.44. The second kappa shape index (κ2) is 5.95. The van der Waals surface area contributed by atoms with Crippen molar-refractivity contribution in [2.24, 2.45) is 11.8 Å². The Morgan fingerprint density at radius 2 is 2.04 bits per heavy atom. The summed E-state index contributed by atoms with van der Waals surface area (Å²) in [6.07, 6.45) is 0.870. The van der Waals surface area contributed by atoms with Gasteiger partial charge in [0.2, 0.25) is 17.7 Å². The number of ether oxygens (including phenoxy) is 1. The molecule has 0 aromatic carbocycles. The molecule has 3 aliphatic rings. The molecule has 3 saturated heterocycles. The van der Waals surface area contributed by atoms with E-state index < -0.39 is 29.0 Å². The lowest BCUT2D eigenvalue weighted by Crippen LogP contribution is -2.58. The molecule has 3 N–H and O–H groups in total. The molecule has 0 radical (unpaired) electrons. The Labute approximate surface area is 147 Å². The lowest BCUT2D eigenvalue weighted by Gasteiger charge is -2.35. The zero-order chi connectivity index (χ0) is 18.6. The molecule has 5 atom stereocenters. The van der Waals surface area contributed by atoms with Crippen LogP contribution in [-0.4, -0.2) is 71.2 Å². The molecule has 140 valence electrons. The third-order valence-electron chi connectivity index (χ3n) is 5.44. The summed E-state index contributed by atoms with van der Waals surface area (Å²) < 4.78 is 6.15. The van der Waals surface area contributed by atoms with Crippen LogP contribution in [0, 0.1) is 11.8 Å². The van der Waals surface area contributed by atoms with Crippen LogP contribution >= 0.6 is 0 Å². The molecule has 25 heavy (non-hydrogen) atoms. The Bertz CT molecular complexity index is 602. The molecule has 3 aliphatic heterocycles. The van der Waals surface area contributed by atoms with E-state index in [4.69, 9.17) is 4.74 Å². The number of carbonyl (C=O) groups is 3. The molecule has 3 heterocycles. The fraction of sp³-hybridized carbons (Fsp3) is 0.824. The van der Waals surface area contributed by atoms with Crippen molar-refractivity contribution in [1.82, 2.24) is 15.5 Å². The maximum Gasteiger partial charge on any atom is 0.246 e. The summed E-state index contributed by atoms with van der Waals surface area (Å²) in [6.45, 7) is 5.41. The number of fused-ring (bicyclic) bond motifs is 1. The van der Waals surface area contributed by atoms with Gasteiger partial charge in [-0.2, -0.15) is 0 Å². The average Bonchev–Trinajstić information content (AvgIpc) is 3.13. The number of nitrogens with zero attached hydrogens (tertiary/aromatic N) is 1. The molecule has 8 heteroatoms. The molecule has 3 rings (SSSR count). The van der Waals surface area contributed by atoms with Crippen molar-refractivity contribution >= 4 is 17.7 Å². The third-order valence-corrected chi connectivity index (χ3v) is 5.44. The SMILES string of the molecule is CNC(=O)[C@@H]1[C@@H]2CCC3(O2)C(C(=O)NC(C)(C)C)N(CCO)C(=O)[C@H]13. The van der Waals surface area contributed by atoms with Crippen LogP contribution in [0.4, 0.5) is 0 Å². The highest BCUT2D eigenvalue weighted by atomic mass is 16.5. The van der Waals surface area contributed by atoms with E-state index in [0.29, 0.717) is 12.8 Å². The number of nitrogens with one attached hydrogen (secondary N) is 2. The standard InChI is InChI=1S/C17H27N3O5/c1-16(2,3)19-14(23)12-17-6-5-9(25-17)10(13(22)18-4)11(17)15(24)20(12)7-8-21/h9-12,21H,5-8H2,1-4H3,(H,18,22)(H,19,23)/t9-,10+,11-,12?,17?/m0/s1. The fourth-order valence-corrected chi connectivity index (χ4v) is 4.71. The van der Waals surface area contributed by atoms with Gasteiger partial charge in [0.25, 0.3) is 0 Å². The van der Waals surface area contributed by atoms with Crippen LogP contribution in [0.25, 0.3) is 0 Å². The summed E-state index contributed by atoms with van der Waals surface area (Å²) in [5.74, 6) is -2.06. The van der Waals surface area contributed by atoms with Crippen molar-refractivity contribution in [3.63, 3.8) is 0 Å². The molecule has 0 saturated carbocycles. The summed E-state index contributed by atoms with van der Waals surface area (Å²) in [5, 5.41) is 14.9. The van der Waals surface area contributed by atoms with Crippen LogP contribution in [0.2, 0.25) is 0 Å². The van der Waals surface area contributed by atoms with Gasteiger partial charge in [-0.05, 0) is 33.6 Å². The van der Waals surface area contributed by atoms with Crippen molar-refractivity contribution in [3.05, 3.63) is 0 Å². The van der Waals surface area contributed by atoms with E-state index >= 15 is 0 Å². The molecule has 1 spiro atoms. The predicted molar refractivity (Wildman–Crippen MR) is 88.4 cm³/mol. The number of aliphatic hydroxyl groups is 1. The van der Waals surface area contributed by atoms with E-state index in [1.54, 1.807) is 0 Å². The zero-order valence-corrected chi connectivity index (χ0v) is 15.2. The monoisotopic (exact) mass is 353 g/mol. The maximum absolute atomic E-state index is 13.0. The van der Waals surface area contributed by atoms with Crippen LogP contribution in [0.1, 0.15) is 33.6 Å². The van der Waals surface area contributed by atoms with E-state index in [1.807, 2.05) is 20.8 Å². The minimum absolute atomic E-state index is 0.0494. The summed E-state index contributed by atoms with van der Waals surface area (Å²) >= 11 is 0. The first-order chi connectivity index (χ1) is 11.7. The molecular weight excluding hydrogens is 326 g/mol. The molecular formula is C17H27N3O5. The molecule has 8 nitrogen and oxygen atoms in total. The molecule has 0 aromatic rings. The van der Waals surface area contributed by atoms with Crippen molar-refractivity contribution in [1.29, 1.82) is 0 Å². The smallest absolute Gasteiger partial charge is 0.246 e. The highest BCUT2D eigenvalue weighted by molar-refractivity contribution is 5.99. The minimum atomic E-state index is -0.983. The highest BCUT2D eigenvalue weighted by Crippen LogP contribution is 2.58. The van der Waals surface area contributed by atoms with Gasteiger partial charge in [-0.3, -0.25) is 14.4 Å².